The van der Waals surface area contributed by atoms with E-state index in [1.165, 1.54) is 4.90 Å². The molecule has 0 radical (unpaired) electrons. The Morgan fingerprint density at radius 1 is 1.38 bits per heavy atom. The highest BCUT2D eigenvalue weighted by molar-refractivity contribution is 5.93. The van der Waals surface area contributed by atoms with E-state index < -0.39 is 17.9 Å². The number of hydrogen-bond donors (Lipinski definition) is 2. The summed E-state index contributed by atoms with van der Waals surface area (Å²) >= 11 is 0. The lowest BCUT2D eigenvalue weighted by molar-refractivity contribution is -0.145. The van der Waals surface area contributed by atoms with Crippen LogP contribution in [-0.4, -0.2) is 49.7 Å². The molecule has 2 unspecified atom stereocenters. The highest BCUT2D eigenvalue weighted by Crippen LogP contribution is 2.25. The molecule has 1 fully saturated rings. The van der Waals surface area contributed by atoms with Gasteiger partial charge in [0.2, 0.25) is 5.82 Å². The number of carboxylic acid groups (broad SMARTS) is 1. The fourth-order valence-electron chi connectivity index (χ4n) is 2.61. The van der Waals surface area contributed by atoms with E-state index in [1.54, 1.807) is 0 Å². The lowest BCUT2D eigenvalue weighted by Crippen LogP contribution is -2.52. The fourth-order valence-corrected chi connectivity index (χ4v) is 2.61. The van der Waals surface area contributed by atoms with Crippen molar-refractivity contribution in [1.29, 1.82) is 0 Å². The van der Waals surface area contributed by atoms with Crippen LogP contribution in [0.5, 0.6) is 0 Å². The maximum Gasteiger partial charge on any atom is 0.326 e. The summed E-state index contributed by atoms with van der Waals surface area (Å²) in [4.78, 5) is 29.6. The topological polar surface area (TPSA) is 99.2 Å². The summed E-state index contributed by atoms with van der Waals surface area (Å²) < 4.78 is 0. The van der Waals surface area contributed by atoms with Gasteiger partial charge in [0, 0.05) is 12.0 Å². The predicted molar refractivity (Wildman–Crippen MR) is 75.9 cm³/mol. The molecule has 1 saturated heterocycles. The summed E-state index contributed by atoms with van der Waals surface area (Å²) in [5.74, 6) is -0.799. The number of amides is 1. The lowest BCUT2D eigenvalue weighted by Gasteiger charge is -2.36. The third-order valence-electron chi connectivity index (χ3n) is 3.83. The smallest absolute Gasteiger partial charge is 0.326 e. The highest BCUT2D eigenvalue weighted by Gasteiger charge is 2.38. The Morgan fingerprint density at radius 2 is 2.05 bits per heavy atom. The van der Waals surface area contributed by atoms with Crippen LogP contribution in [0, 0.1) is 5.92 Å². The third-order valence-corrected chi connectivity index (χ3v) is 3.83. The molecule has 7 nitrogen and oxygen atoms in total. The van der Waals surface area contributed by atoms with Crippen LogP contribution in [0.25, 0.3) is 0 Å². The van der Waals surface area contributed by atoms with Crippen molar-refractivity contribution in [3.63, 3.8) is 0 Å². The molecule has 2 N–H and O–H groups in total. The largest absolute Gasteiger partial charge is 0.480 e. The van der Waals surface area contributed by atoms with Gasteiger partial charge >= 0.3 is 5.97 Å². The zero-order chi connectivity index (χ0) is 15.8. The van der Waals surface area contributed by atoms with E-state index in [1.807, 2.05) is 27.7 Å². The number of aromatic amines is 1. The molecular formula is C14H22N4O3. The Balaban J connectivity index is 2.25. The molecule has 1 aliphatic heterocycles. The molecule has 1 aliphatic rings. The van der Waals surface area contributed by atoms with Crippen molar-refractivity contribution in [2.24, 2.45) is 5.92 Å². The van der Waals surface area contributed by atoms with Gasteiger partial charge in [-0.15, -0.1) is 5.10 Å². The standard InChI is InChI=1S/C14H22N4O3/c1-8-6-5-7-18(9(8)12(20)21)11(19)10-15-13(17-16-10)14(2,3)4/h8-9H,5-7H2,1-4H3,(H,20,21)(H,15,16,17). The summed E-state index contributed by atoms with van der Waals surface area (Å²) in [6, 6.07) is -0.803. The van der Waals surface area contributed by atoms with Gasteiger partial charge in [-0.1, -0.05) is 27.7 Å². The molecule has 0 bridgehead atoms. The van der Waals surface area contributed by atoms with E-state index in [0.29, 0.717) is 12.4 Å². The Labute approximate surface area is 123 Å². The van der Waals surface area contributed by atoms with E-state index in [0.717, 1.165) is 12.8 Å². The van der Waals surface area contributed by atoms with Crippen molar-refractivity contribution >= 4 is 11.9 Å². The molecule has 2 heterocycles. The molecule has 2 atom stereocenters. The molecule has 0 aromatic carbocycles. The average Bonchev–Trinajstić information content (AvgIpc) is 2.86. The molecule has 21 heavy (non-hydrogen) atoms. The molecular weight excluding hydrogens is 272 g/mol. The Bertz CT molecular complexity index is 547. The number of aromatic nitrogens is 3. The number of H-pyrrole nitrogens is 1. The van der Waals surface area contributed by atoms with Crippen molar-refractivity contribution in [3.8, 4) is 0 Å². The molecule has 1 aromatic rings. The third kappa shape index (κ3) is 3.06. The van der Waals surface area contributed by atoms with Crippen LogP contribution in [-0.2, 0) is 10.2 Å². The SMILES string of the molecule is CC1CCCN(C(=O)c2n[nH]c(C(C)(C)C)n2)C1C(=O)O. The van der Waals surface area contributed by atoms with Crippen LogP contribution in [0.3, 0.4) is 0 Å². The Kier molecular flexibility index (Phi) is 4.02. The molecule has 2 rings (SSSR count). The van der Waals surface area contributed by atoms with E-state index in [-0.39, 0.29) is 17.2 Å². The second-order valence-electron chi connectivity index (χ2n) is 6.66. The van der Waals surface area contributed by atoms with Crippen LogP contribution in [0.1, 0.15) is 57.0 Å². The first-order chi connectivity index (χ1) is 9.71. The molecule has 116 valence electrons. The summed E-state index contributed by atoms with van der Waals surface area (Å²) in [6.07, 6.45) is 1.61. The van der Waals surface area contributed by atoms with Crippen molar-refractivity contribution < 1.29 is 14.7 Å². The monoisotopic (exact) mass is 294 g/mol. The second kappa shape index (κ2) is 5.46. The van der Waals surface area contributed by atoms with Gasteiger partial charge in [0.05, 0.1) is 0 Å². The summed E-state index contributed by atoms with van der Waals surface area (Å²) in [5.41, 5.74) is -0.243. The van der Waals surface area contributed by atoms with Crippen molar-refractivity contribution in [2.75, 3.05) is 6.54 Å². The molecule has 7 heteroatoms. The van der Waals surface area contributed by atoms with Gasteiger partial charge in [0.15, 0.2) is 0 Å². The van der Waals surface area contributed by atoms with Crippen LogP contribution in [0.4, 0.5) is 0 Å². The first-order valence-corrected chi connectivity index (χ1v) is 7.18. The average molecular weight is 294 g/mol. The summed E-state index contributed by atoms with van der Waals surface area (Å²) in [6.45, 7) is 8.18. The normalized spacial score (nSPS) is 23.1. The van der Waals surface area contributed by atoms with E-state index >= 15 is 0 Å². The Morgan fingerprint density at radius 3 is 2.57 bits per heavy atom. The van der Waals surface area contributed by atoms with Crippen LogP contribution in [0.15, 0.2) is 0 Å². The van der Waals surface area contributed by atoms with Crippen molar-refractivity contribution in [3.05, 3.63) is 11.6 Å². The fraction of sp³-hybridized carbons (Fsp3) is 0.714. The van der Waals surface area contributed by atoms with Crippen molar-refractivity contribution in [2.45, 2.75) is 52.0 Å². The number of carbonyl (C=O) groups is 2. The van der Waals surface area contributed by atoms with Gasteiger partial charge in [-0.2, -0.15) is 0 Å². The maximum atomic E-state index is 12.5. The summed E-state index contributed by atoms with van der Waals surface area (Å²) in [5, 5.41) is 16.1. The number of nitrogens with one attached hydrogen (secondary N) is 1. The van der Waals surface area contributed by atoms with Gasteiger partial charge in [-0.25, -0.2) is 9.78 Å². The van der Waals surface area contributed by atoms with E-state index in [2.05, 4.69) is 15.2 Å². The number of rotatable bonds is 2. The minimum absolute atomic E-state index is 0.0419. The number of aliphatic carboxylic acids is 1. The predicted octanol–water partition coefficient (Wildman–Crippen LogP) is 1.43. The lowest BCUT2D eigenvalue weighted by atomic mass is 9.90. The molecule has 0 aliphatic carbocycles. The van der Waals surface area contributed by atoms with Crippen molar-refractivity contribution in [1.82, 2.24) is 20.1 Å². The minimum atomic E-state index is -0.970. The second-order valence-corrected chi connectivity index (χ2v) is 6.66. The van der Waals surface area contributed by atoms with Crippen LogP contribution in [0.2, 0.25) is 0 Å². The number of hydrogen-bond acceptors (Lipinski definition) is 4. The highest BCUT2D eigenvalue weighted by atomic mass is 16.4. The molecule has 1 aromatic heterocycles. The first kappa shape index (κ1) is 15.5. The Hall–Kier alpha value is -1.92. The van der Waals surface area contributed by atoms with Gasteiger partial charge < -0.3 is 10.0 Å². The number of carboxylic acids is 1. The number of likely N-dealkylation sites (tertiary alicyclic amines) is 1. The number of carbonyl (C=O) groups excluding carboxylic acids is 1. The quantitative estimate of drug-likeness (QED) is 0.859. The van der Waals surface area contributed by atoms with E-state index in [4.69, 9.17) is 0 Å². The molecule has 0 saturated carbocycles. The zero-order valence-corrected chi connectivity index (χ0v) is 12.9. The van der Waals surface area contributed by atoms with Crippen LogP contribution < -0.4 is 0 Å². The zero-order valence-electron chi connectivity index (χ0n) is 12.9. The minimum Gasteiger partial charge on any atom is -0.480 e. The summed E-state index contributed by atoms with van der Waals surface area (Å²) in [7, 11) is 0. The molecule has 0 spiro atoms. The van der Waals surface area contributed by atoms with Gasteiger partial charge in [-0.05, 0) is 18.8 Å². The molecule has 1 amide bonds. The van der Waals surface area contributed by atoms with Gasteiger partial charge in [0.1, 0.15) is 11.9 Å². The number of nitrogens with zero attached hydrogens (tertiary/aromatic N) is 3. The maximum absolute atomic E-state index is 12.5. The van der Waals surface area contributed by atoms with E-state index in [9.17, 15) is 14.7 Å². The number of piperidine rings is 1. The van der Waals surface area contributed by atoms with Gasteiger partial charge in [-0.3, -0.25) is 9.89 Å². The van der Waals surface area contributed by atoms with Gasteiger partial charge in [0.25, 0.3) is 5.91 Å². The first-order valence-electron chi connectivity index (χ1n) is 7.18. The van der Waals surface area contributed by atoms with Crippen LogP contribution >= 0.6 is 0 Å².